The van der Waals surface area contributed by atoms with Crippen LogP contribution >= 0.6 is 23.1 Å². The van der Waals surface area contributed by atoms with E-state index in [4.69, 9.17) is 4.98 Å². The van der Waals surface area contributed by atoms with E-state index in [1.54, 1.807) is 11.3 Å². The van der Waals surface area contributed by atoms with E-state index in [-0.39, 0.29) is 10.8 Å². The van der Waals surface area contributed by atoms with E-state index in [0.29, 0.717) is 11.7 Å². The minimum absolute atomic E-state index is 0.0240. The van der Waals surface area contributed by atoms with Crippen LogP contribution < -0.4 is 5.56 Å². The molecule has 5 rings (SSSR count). The van der Waals surface area contributed by atoms with Crippen LogP contribution in [-0.4, -0.2) is 29.5 Å². The third-order valence-electron chi connectivity index (χ3n) is 5.51. The number of nitrogens with zero attached hydrogens (tertiary/aromatic N) is 5. The Morgan fingerprint density at radius 1 is 1.31 bits per heavy atom. The first-order valence-electron chi connectivity index (χ1n) is 9.81. The number of thioether (sulfide) groups is 1. The number of fused-ring (bicyclic) bond motifs is 4. The van der Waals surface area contributed by atoms with E-state index in [1.807, 2.05) is 31.2 Å². The lowest BCUT2D eigenvalue weighted by molar-refractivity contribution is 0.509. The van der Waals surface area contributed by atoms with Gasteiger partial charge in [-0.25, -0.2) is 9.97 Å². The van der Waals surface area contributed by atoms with Gasteiger partial charge in [0, 0.05) is 16.6 Å². The number of rotatable bonds is 3. The minimum Gasteiger partial charge on any atom is -0.309 e. The second kappa shape index (κ2) is 6.91. The molecule has 1 aliphatic carbocycles. The summed E-state index contributed by atoms with van der Waals surface area (Å²) in [7, 11) is 0. The van der Waals surface area contributed by atoms with Crippen LogP contribution in [0.25, 0.3) is 15.9 Å². The molecule has 0 saturated heterocycles. The number of H-pyrrole nitrogens is 1. The van der Waals surface area contributed by atoms with Crippen molar-refractivity contribution in [2.24, 2.45) is 5.92 Å². The lowest BCUT2D eigenvalue weighted by Gasteiger charge is -2.17. The summed E-state index contributed by atoms with van der Waals surface area (Å²) in [5.41, 5.74) is 2.88. The van der Waals surface area contributed by atoms with E-state index in [0.717, 1.165) is 51.8 Å². The van der Waals surface area contributed by atoms with Gasteiger partial charge in [0.25, 0.3) is 5.56 Å². The molecule has 0 spiro atoms. The van der Waals surface area contributed by atoms with Crippen LogP contribution in [0.3, 0.4) is 0 Å². The minimum atomic E-state index is -0.0711. The molecule has 2 atom stereocenters. The molecule has 1 N–H and O–H groups in total. The van der Waals surface area contributed by atoms with Gasteiger partial charge in [0.05, 0.1) is 10.6 Å². The smallest absolute Gasteiger partial charge is 0.259 e. The molecule has 7 nitrogen and oxygen atoms in total. The first-order chi connectivity index (χ1) is 13.9. The Bertz CT molecular complexity index is 1300. The highest BCUT2D eigenvalue weighted by molar-refractivity contribution is 7.99. The van der Waals surface area contributed by atoms with Crippen molar-refractivity contribution < 1.29 is 0 Å². The molecule has 0 saturated carbocycles. The summed E-state index contributed by atoms with van der Waals surface area (Å²) in [6.07, 6.45) is 3.16. The number of thiophene rings is 1. The Labute approximate surface area is 176 Å². The van der Waals surface area contributed by atoms with Crippen LogP contribution in [0.15, 0.2) is 16.0 Å². The molecule has 0 bridgehead atoms. The maximum atomic E-state index is 12.9. The molecule has 9 heteroatoms. The van der Waals surface area contributed by atoms with Crippen LogP contribution in [-0.2, 0) is 12.8 Å². The number of hydrogen-bond acceptors (Lipinski definition) is 7. The number of aryl methyl sites for hydroxylation is 3. The zero-order valence-corrected chi connectivity index (χ0v) is 18.4. The maximum absolute atomic E-state index is 12.9. The molecule has 4 aromatic rings. The van der Waals surface area contributed by atoms with Crippen LogP contribution in [0.1, 0.15) is 53.3 Å². The quantitative estimate of drug-likeness (QED) is 0.498. The summed E-state index contributed by atoms with van der Waals surface area (Å²) in [6, 6.07) is 1.91. The van der Waals surface area contributed by atoms with Gasteiger partial charge in [-0.2, -0.15) is 0 Å². The molecule has 4 aromatic heterocycles. The predicted molar refractivity (Wildman–Crippen MR) is 116 cm³/mol. The average molecular weight is 427 g/mol. The van der Waals surface area contributed by atoms with Crippen LogP contribution in [0.5, 0.6) is 0 Å². The Kier molecular flexibility index (Phi) is 4.47. The van der Waals surface area contributed by atoms with Gasteiger partial charge in [0.15, 0.2) is 10.8 Å². The fraction of sp³-hybridized carbons (Fsp3) is 0.450. The Balaban J connectivity index is 1.52. The van der Waals surface area contributed by atoms with Gasteiger partial charge in [0.1, 0.15) is 16.5 Å². The Morgan fingerprint density at radius 3 is 2.97 bits per heavy atom. The first-order valence-corrected chi connectivity index (χ1v) is 11.5. The molecule has 29 heavy (non-hydrogen) atoms. The predicted octanol–water partition coefficient (Wildman–Crippen LogP) is 4.02. The fourth-order valence-corrected chi connectivity index (χ4v) is 6.40. The van der Waals surface area contributed by atoms with E-state index in [2.05, 4.69) is 27.1 Å². The molecule has 4 heterocycles. The molecule has 150 valence electrons. The van der Waals surface area contributed by atoms with Crippen molar-refractivity contribution in [1.29, 1.82) is 0 Å². The van der Waals surface area contributed by atoms with Crippen molar-refractivity contribution in [1.82, 2.24) is 29.5 Å². The highest BCUT2D eigenvalue weighted by Gasteiger charge is 2.24. The topological polar surface area (TPSA) is 88.8 Å². The van der Waals surface area contributed by atoms with Gasteiger partial charge in [-0.15, -0.1) is 21.5 Å². The summed E-state index contributed by atoms with van der Waals surface area (Å²) in [5, 5.41) is 10.1. The van der Waals surface area contributed by atoms with Gasteiger partial charge >= 0.3 is 0 Å². The maximum Gasteiger partial charge on any atom is 0.259 e. The second-order valence-electron chi connectivity index (χ2n) is 7.86. The third kappa shape index (κ3) is 3.16. The Morgan fingerprint density at radius 2 is 2.14 bits per heavy atom. The van der Waals surface area contributed by atoms with E-state index >= 15 is 0 Å². The average Bonchev–Trinajstić information content (AvgIpc) is 3.22. The van der Waals surface area contributed by atoms with Crippen molar-refractivity contribution in [3.8, 4) is 0 Å². The molecule has 0 aromatic carbocycles. The molecular weight excluding hydrogens is 404 g/mol. The number of aromatic nitrogens is 6. The van der Waals surface area contributed by atoms with Gasteiger partial charge in [-0.3, -0.25) is 9.20 Å². The van der Waals surface area contributed by atoms with Crippen molar-refractivity contribution >= 4 is 39.0 Å². The molecule has 1 aliphatic rings. The first kappa shape index (κ1) is 18.7. The number of nitrogens with one attached hydrogen (secondary N) is 1. The lowest BCUT2D eigenvalue weighted by Crippen LogP contribution is -2.15. The summed E-state index contributed by atoms with van der Waals surface area (Å²) < 4.78 is 1.94. The summed E-state index contributed by atoms with van der Waals surface area (Å²) in [4.78, 5) is 27.4. The van der Waals surface area contributed by atoms with Crippen LogP contribution in [0, 0.1) is 19.8 Å². The molecule has 0 fully saturated rings. The van der Waals surface area contributed by atoms with Crippen molar-refractivity contribution in [3.05, 3.63) is 44.2 Å². The molecule has 2 unspecified atom stereocenters. The molecular formula is C20H22N6OS2. The van der Waals surface area contributed by atoms with Crippen molar-refractivity contribution in [3.63, 3.8) is 0 Å². The van der Waals surface area contributed by atoms with Gasteiger partial charge in [0.2, 0.25) is 0 Å². The Hall–Kier alpha value is -2.26. The third-order valence-corrected chi connectivity index (χ3v) is 7.71. The molecule has 0 amide bonds. The molecule has 0 radical (unpaired) electrons. The van der Waals surface area contributed by atoms with E-state index < -0.39 is 0 Å². The zero-order valence-electron chi connectivity index (χ0n) is 16.8. The lowest BCUT2D eigenvalue weighted by atomic mass is 9.89. The van der Waals surface area contributed by atoms with Gasteiger partial charge in [-0.05, 0) is 51.5 Å². The SMILES string of the molecule is Cc1cc2nnc(SC(C)c3nc4sc5c(c4c(=O)[nH]3)CCC(C)C5)n2c(C)n1. The largest absolute Gasteiger partial charge is 0.309 e. The normalized spacial score (nSPS) is 17.7. The van der Waals surface area contributed by atoms with Crippen molar-refractivity contribution in [2.45, 2.75) is 57.4 Å². The highest BCUT2D eigenvalue weighted by atomic mass is 32.2. The summed E-state index contributed by atoms with van der Waals surface area (Å²) in [5.74, 6) is 2.19. The standard InChI is InChI=1S/C20H22N6OS2/c1-9-5-6-13-14(7-9)29-19-16(13)18(27)22-17(23-19)11(3)28-20-25-24-15-8-10(2)21-12(4)26(15)20/h8-9,11H,5-7H2,1-4H3,(H,22,23,27). The number of aromatic amines is 1. The van der Waals surface area contributed by atoms with Crippen LogP contribution in [0.4, 0.5) is 0 Å². The summed E-state index contributed by atoms with van der Waals surface area (Å²) in [6.45, 7) is 8.20. The van der Waals surface area contributed by atoms with Gasteiger partial charge in [-0.1, -0.05) is 18.7 Å². The highest BCUT2D eigenvalue weighted by Crippen LogP contribution is 2.37. The number of hydrogen-bond donors (Lipinski definition) is 1. The summed E-state index contributed by atoms with van der Waals surface area (Å²) >= 11 is 3.21. The molecule has 0 aliphatic heterocycles. The second-order valence-corrected chi connectivity index (χ2v) is 10.3. The van der Waals surface area contributed by atoms with Crippen LogP contribution in [0.2, 0.25) is 0 Å². The van der Waals surface area contributed by atoms with E-state index in [9.17, 15) is 4.79 Å². The van der Waals surface area contributed by atoms with E-state index in [1.165, 1.54) is 22.2 Å². The van der Waals surface area contributed by atoms with Gasteiger partial charge < -0.3 is 4.98 Å². The zero-order chi connectivity index (χ0) is 20.3. The van der Waals surface area contributed by atoms with Crippen molar-refractivity contribution in [2.75, 3.05) is 0 Å². The monoisotopic (exact) mass is 426 g/mol. The fourth-order valence-electron chi connectivity index (χ4n) is 4.05.